The highest BCUT2D eigenvalue weighted by atomic mass is 19.1. The monoisotopic (exact) mass is 238 g/mol. The molecule has 0 heterocycles. The Morgan fingerprint density at radius 1 is 1.29 bits per heavy atom. The van der Waals surface area contributed by atoms with Gasteiger partial charge in [-0.05, 0) is 18.9 Å². The average Bonchev–Trinajstić information content (AvgIpc) is 2.29. The summed E-state index contributed by atoms with van der Waals surface area (Å²) >= 11 is 0. The lowest BCUT2D eigenvalue weighted by atomic mass is 9.77. The average molecular weight is 238 g/mol. The second-order valence-corrected chi connectivity index (χ2v) is 4.64. The van der Waals surface area contributed by atoms with Crippen molar-refractivity contribution in [3.05, 3.63) is 39.7 Å². The van der Waals surface area contributed by atoms with E-state index in [-0.39, 0.29) is 5.69 Å². The SMILES string of the molecule is NC1(c2ccc([N+](=O)[O-])cc2F)CCCCC1. The number of nitro groups is 1. The fraction of sp³-hybridized carbons (Fsp3) is 0.500. The van der Waals surface area contributed by atoms with Gasteiger partial charge in [0.05, 0.1) is 11.0 Å². The fourth-order valence-electron chi connectivity index (χ4n) is 2.47. The minimum absolute atomic E-state index is 0.231. The van der Waals surface area contributed by atoms with Gasteiger partial charge in [0.15, 0.2) is 0 Å². The minimum atomic E-state index is -0.655. The quantitative estimate of drug-likeness (QED) is 0.636. The van der Waals surface area contributed by atoms with Crippen LogP contribution in [0.2, 0.25) is 0 Å². The Morgan fingerprint density at radius 2 is 1.94 bits per heavy atom. The van der Waals surface area contributed by atoms with Crippen molar-refractivity contribution >= 4 is 5.69 Å². The van der Waals surface area contributed by atoms with E-state index in [0.717, 1.165) is 38.2 Å². The Morgan fingerprint density at radius 3 is 2.47 bits per heavy atom. The lowest BCUT2D eigenvalue weighted by molar-refractivity contribution is -0.385. The Hall–Kier alpha value is -1.49. The summed E-state index contributed by atoms with van der Waals surface area (Å²) in [7, 11) is 0. The van der Waals surface area contributed by atoms with Crippen LogP contribution in [0.3, 0.4) is 0 Å². The van der Waals surface area contributed by atoms with E-state index in [1.165, 1.54) is 12.1 Å². The Labute approximate surface area is 98.8 Å². The zero-order valence-corrected chi connectivity index (χ0v) is 9.49. The fourth-order valence-corrected chi connectivity index (χ4v) is 2.47. The summed E-state index contributed by atoms with van der Waals surface area (Å²) < 4.78 is 13.9. The molecule has 2 rings (SSSR count). The van der Waals surface area contributed by atoms with Gasteiger partial charge in [-0.1, -0.05) is 19.3 Å². The molecule has 0 atom stereocenters. The Bertz CT molecular complexity index is 442. The summed E-state index contributed by atoms with van der Waals surface area (Å²) in [6.45, 7) is 0. The molecule has 2 N–H and O–H groups in total. The highest BCUT2D eigenvalue weighted by Crippen LogP contribution is 2.36. The van der Waals surface area contributed by atoms with Crippen LogP contribution in [0.1, 0.15) is 37.7 Å². The molecule has 0 amide bonds. The lowest BCUT2D eigenvalue weighted by Gasteiger charge is -2.34. The first-order chi connectivity index (χ1) is 8.03. The summed E-state index contributed by atoms with van der Waals surface area (Å²) in [5.41, 5.74) is 5.72. The topological polar surface area (TPSA) is 69.2 Å². The third-order valence-corrected chi connectivity index (χ3v) is 3.45. The molecule has 92 valence electrons. The number of hydrogen-bond donors (Lipinski definition) is 1. The predicted molar refractivity (Wildman–Crippen MR) is 62.0 cm³/mol. The highest BCUT2D eigenvalue weighted by molar-refractivity contribution is 5.37. The molecule has 1 aromatic rings. The molecule has 5 heteroatoms. The number of non-ortho nitro benzene ring substituents is 1. The molecule has 4 nitrogen and oxygen atoms in total. The van der Waals surface area contributed by atoms with Crippen LogP contribution < -0.4 is 5.73 Å². The van der Waals surface area contributed by atoms with Crippen LogP contribution in [0.15, 0.2) is 18.2 Å². The van der Waals surface area contributed by atoms with Crippen molar-refractivity contribution < 1.29 is 9.31 Å². The number of nitro benzene ring substituents is 1. The molecule has 1 saturated carbocycles. The van der Waals surface area contributed by atoms with Gasteiger partial charge in [-0.15, -0.1) is 0 Å². The van der Waals surface area contributed by atoms with E-state index >= 15 is 0 Å². The van der Waals surface area contributed by atoms with Crippen LogP contribution in [0.4, 0.5) is 10.1 Å². The maximum Gasteiger partial charge on any atom is 0.272 e. The third-order valence-electron chi connectivity index (χ3n) is 3.45. The normalized spacial score (nSPS) is 18.9. The maximum absolute atomic E-state index is 13.9. The highest BCUT2D eigenvalue weighted by Gasteiger charge is 2.32. The number of hydrogen-bond acceptors (Lipinski definition) is 3. The van der Waals surface area contributed by atoms with E-state index in [0.29, 0.717) is 5.56 Å². The van der Waals surface area contributed by atoms with Gasteiger partial charge in [-0.2, -0.15) is 0 Å². The summed E-state index contributed by atoms with van der Waals surface area (Å²) in [6.07, 6.45) is 4.55. The van der Waals surface area contributed by atoms with E-state index in [2.05, 4.69) is 0 Å². The number of halogens is 1. The summed E-state index contributed by atoms with van der Waals surface area (Å²) in [6, 6.07) is 3.74. The van der Waals surface area contributed by atoms with Crippen molar-refractivity contribution in [1.29, 1.82) is 0 Å². The first kappa shape index (κ1) is 12.0. The van der Waals surface area contributed by atoms with Crippen LogP contribution in [-0.2, 0) is 5.54 Å². The van der Waals surface area contributed by atoms with Gasteiger partial charge in [0.1, 0.15) is 5.82 Å². The number of benzene rings is 1. The van der Waals surface area contributed by atoms with Crippen LogP contribution in [0.25, 0.3) is 0 Å². The van der Waals surface area contributed by atoms with Crippen LogP contribution >= 0.6 is 0 Å². The summed E-state index contributed by atoms with van der Waals surface area (Å²) in [5, 5.41) is 10.5. The third kappa shape index (κ3) is 2.29. The molecule has 0 bridgehead atoms. The molecule has 0 aliphatic heterocycles. The van der Waals surface area contributed by atoms with E-state index < -0.39 is 16.3 Å². The number of nitrogens with zero attached hydrogens (tertiary/aromatic N) is 1. The van der Waals surface area contributed by atoms with Gasteiger partial charge < -0.3 is 5.73 Å². The smallest absolute Gasteiger partial charge is 0.272 e. The van der Waals surface area contributed by atoms with Crippen molar-refractivity contribution in [3.8, 4) is 0 Å². The van der Waals surface area contributed by atoms with Crippen LogP contribution in [0, 0.1) is 15.9 Å². The van der Waals surface area contributed by atoms with Gasteiger partial charge in [0.25, 0.3) is 5.69 Å². The standard InChI is InChI=1S/C12H15FN2O2/c13-11-8-9(15(16)17)4-5-10(11)12(14)6-2-1-3-7-12/h4-5,8H,1-3,6-7,14H2. The molecule has 0 unspecified atom stereocenters. The van der Waals surface area contributed by atoms with E-state index in [1.54, 1.807) is 0 Å². The zero-order chi connectivity index (χ0) is 12.5. The van der Waals surface area contributed by atoms with Gasteiger partial charge in [-0.25, -0.2) is 4.39 Å². The van der Waals surface area contributed by atoms with Gasteiger partial charge in [-0.3, -0.25) is 10.1 Å². The van der Waals surface area contributed by atoms with E-state index in [1.807, 2.05) is 0 Å². The summed E-state index contributed by atoms with van der Waals surface area (Å²) in [5.74, 6) is -0.566. The summed E-state index contributed by atoms with van der Waals surface area (Å²) in [4.78, 5) is 9.93. The van der Waals surface area contributed by atoms with E-state index in [9.17, 15) is 14.5 Å². The molecule has 0 radical (unpaired) electrons. The minimum Gasteiger partial charge on any atom is -0.321 e. The van der Waals surface area contributed by atoms with Gasteiger partial charge >= 0.3 is 0 Å². The second-order valence-electron chi connectivity index (χ2n) is 4.64. The molecule has 1 aliphatic rings. The van der Waals surface area contributed by atoms with Crippen LogP contribution in [0.5, 0.6) is 0 Å². The molecule has 17 heavy (non-hydrogen) atoms. The van der Waals surface area contributed by atoms with Crippen molar-refractivity contribution in [2.45, 2.75) is 37.6 Å². The van der Waals surface area contributed by atoms with Gasteiger partial charge in [0.2, 0.25) is 0 Å². The Kier molecular flexibility index (Phi) is 3.11. The lowest BCUT2D eigenvalue weighted by Crippen LogP contribution is -2.39. The van der Waals surface area contributed by atoms with Crippen molar-refractivity contribution in [3.63, 3.8) is 0 Å². The molecule has 1 aromatic carbocycles. The first-order valence-corrected chi connectivity index (χ1v) is 5.76. The van der Waals surface area contributed by atoms with E-state index in [4.69, 9.17) is 5.73 Å². The predicted octanol–water partition coefficient (Wildman–Crippen LogP) is 2.85. The number of nitrogens with two attached hydrogens (primary N) is 1. The molecular weight excluding hydrogens is 223 g/mol. The maximum atomic E-state index is 13.9. The largest absolute Gasteiger partial charge is 0.321 e. The second kappa shape index (κ2) is 4.41. The van der Waals surface area contributed by atoms with Crippen molar-refractivity contribution in [1.82, 2.24) is 0 Å². The first-order valence-electron chi connectivity index (χ1n) is 5.76. The molecular formula is C12H15FN2O2. The zero-order valence-electron chi connectivity index (χ0n) is 9.49. The van der Waals surface area contributed by atoms with Crippen molar-refractivity contribution in [2.24, 2.45) is 5.73 Å². The molecule has 0 saturated heterocycles. The van der Waals surface area contributed by atoms with Crippen LogP contribution in [-0.4, -0.2) is 4.92 Å². The number of rotatable bonds is 2. The van der Waals surface area contributed by atoms with Gasteiger partial charge in [0, 0.05) is 17.2 Å². The molecule has 0 aromatic heterocycles. The molecule has 1 aliphatic carbocycles. The molecule has 1 fully saturated rings. The van der Waals surface area contributed by atoms with Crippen molar-refractivity contribution in [2.75, 3.05) is 0 Å². The Balaban J connectivity index is 2.35. The molecule has 0 spiro atoms.